The highest BCUT2D eigenvalue weighted by Crippen LogP contribution is 2.43. The lowest BCUT2D eigenvalue weighted by molar-refractivity contribution is 0.653. The topological polar surface area (TPSA) is 0 Å². The number of rotatable bonds is 0. The van der Waals surface area contributed by atoms with Gasteiger partial charge in [-0.05, 0) is 18.3 Å². The van der Waals surface area contributed by atoms with Gasteiger partial charge in [0, 0.05) is 0 Å². The Morgan fingerprint density at radius 2 is 0.533 bits per heavy atom. The van der Waals surface area contributed by atoms with E-state index >= 15 is 0 Å². The summed E-state index contributed by atoms with van der Waals surface area (Å²) in [6, 6.07) is 0. The van der Waals surface area contributed by atoms with E-state index in [0.717, 1.165) is 5.41 Å². The zero-order valence-corrected chi connectivity index (χ0v) is 13.9. The minimum absolute atomic E-state index is 0.750. The van der Waals surface area contributed by atoms with Crippen molar-refractivity contribution in [1.29, 1.82) is 0 Å². The van der Waals surface area contributed by atoms with E-state index in [1.165, 1.54) is 12.8 Å². The zero-order chi connectivity index (χ0) is 13.9. The van der Waals surface area contributed by atoms with Gasteiger partial charge >= 0.3 is 0 Å². The molecular weight excluding hydrogens is 180 g/mol. The van der Waals surface area contributed by atoms with E-state index in [2.05, 4.69) is 13.8 Å². The van der Waals surface area contributed by atoms with Crippen LogP contribution in [0, 0.1) is 5.41 Å². The normalized spacial score (nSPS) is 12.0. The SMILES string of the molecule is CC.CC.CC.CC.CC.CC1(C)CC1. The van der Waals surface area contributed by atoms with Crippen LogP contribution >= 0.6 is 0 Å². The molecule has 0 aromatic rings. The fourth-order valence-corrected chi connectivity index (χ4v) is 0.250. The van der Waals surface area contributed by atoms with Crippen LogP contribution in [-0.4, -0.2) is 0 Å². The highest BCUT2D eigenvalue weighted by atomic mass is 14.4. The summed E-state index contributed by atoms with van der Waals surface area (Å²) in [4.78, 5) is 0. The molecule has 1 aliphatic carbocycles. The lowest BCUT2D eigenvalue weighted by Gasteiger charge is -1.86. The second kappa shape index (κ2) is 37.0. The molecule has 0 heteroatoms. The van der Waals surface area contributed by atoms with Crippen molar-refractivity contribution in [3.8, 4) is 0 Å². The van der Waals surface area contributed by atoms with Gasteiger partial charge in [-0.15, -0.1) is 0 Å². The number of hydrogen-bond acceptors (Lipinski definition) is 0. The van der Waals surface area contributed by atoms with E-state index in [-0.39, 0.29) is 0 Å². The Balaban J connectivity index is -0.0000000295. The molecule has 0 unspecified atom stereocenters. The molecule has 0 spiro atoms. The van der Waals surface area contributed by atoms with E-state index in [4.69, 9.17) is 0 Å². The highest BCUT2D eigenvalue weighted by molar-refractivity contribution is 4.82. The first-order valence-corrected chi connectivity index (χ1v) is 7.21. The summed E-state index contributed by atoms with van der Waals surface area (Å²) >= 11 is 0. The lowest BCUT2D eigenvalue weighted by atomic mass is 10.2. The molecule has 1 rings (SSSR count). The largest absolute Gasteiger partial charge is 0.0683 e. The van der Waals surface area contributed by atoms with Gasteiger partial charge in [-0.2, -0.15) is 0 Å². The molecular formula is C15H40. The first-order chi connectivity index (χ1) is 7.21. The molecule has 0 N–H and O–H groups in total. The van der Waals surface area contributed by atoms with E-state index in [0.29, 0.717) is 0 Å². The van der Waals surface area contributed by atoms with Gasteiger partial charge in [0.15, 0.2) is 0 Å². The van der Waals surface area contributed by atoms with Crippen molar-refractivity contribution in [2.24, 2.45) is 5.41 Å². The third-order valence-corrected chi connectivity index (χ3v) is 1.25. The summed E-state index contributed by atoms with van der Waals surface area (Å²) in [5.41, 5.74) is 0.750. The van der Waals surface area contributed by atoms with Crippen molar-refractivity contribution < 1.29 is 0 Å². The first kappa shape index (κ1) is 29.4. The molecule has 15 heavy (non-hydrogen) atoms. The van der Waals surface area contributed by atoms with Crippen molar-refractivity contribution in [3.63, 3.8) is 0 Å². The second-order valence-electron chi connectivity index (χ2n) is 2.66. The van der Waals surface area contributed by atoms with Crippen LogP contribution in [0.1, 0.15) is 95.9 Å². The van der Waals surface area contributed by atoms with Crippen molar-refractivity contribution in [1.82, 2.24) is 0 Å². The molecule has 0 aliphatic heterocycles. The Morgan fingerprint density at radius 1 is 0.467 bits per heavy atom. The molecule has 1 saturated carbocycles. The summed E-state index contributed by atoms with van der Waals surface area (Å²) in [5, 5.41) is 0. The van der Waals surface area contributed by atoms with Crippen LogP contribution in [0.15, 0.2) is 0 Å². The Kier molecular flexibility index (Phi) is 72.5. The highest BCUT2D eigenvalue weighted by Gasteiger charge is 2.30. The molecule has 1 aliphatic rings. The Labute approximate surface area is 102 Å². The zero-order valence-electron chi connectivity index (χ0n) is 13.9. The minimum Gasteiger partial charge on any atom is -0.0683 e. The van der Waals surface area contributed by atoms with Crippen LogP contribution in [0.5, 0.6) is 0 Å². The van der Waals surface area contributed by atoms with Crippen LogP contribution in [0.3, 0.4) is 0 Å². The predicted octanol–water partition coefficient (Wildman–Crippen LogP) is 6.94. The third kappa shape index (κ3) is 80.6. The van der Waals surface area contributed by atoms with Gasteiger partial charge in [0.05, 0.1) is 0 Å². The standard InChI is InChI=1S/C5H10.5C2H6/c1-5(2)3-4-5;5*1-2/h3-4H2,1-2H3;5*1-2H3. The maximum Gasteiger partial charge on any atom is -0.0354 e. The van der Waals surface area contributed by atoms with E-state index in [9.17, 15) is 0 Å². The van der Waals surface area contributed by atoms with Crippen LogP contribution in [0.25, 0.3) is 0 Å². The molecule has 100 valence electrons. The average molecular weight is 220 g/mol. The summed E-state index contributed by atoms with van der Waals surface area (Å²) in [6.07, 6.45) is 2.90. The second-order valence-corrected chi connectivity index (χ2v) is 2.66. The third-order valence-electron chi connectivity index (χ3n) is 1.25. The Bertz CT molecular complexity index is 38.0. The van der Waals surface area contributed by atoms with E-state index in [1.807, 2.05) is 69.2 Å². The average Bonchev–Trinajstić information content (AvgIpc) is 3.07. The number of hydrogen-bond donors (Lipinski definition) is 0. The molecule has 0 nitrogen and oxygen atoms in total. The molecule has 0 aromatic heterocycles. The molecule has 1 fully saturated rings. The maximum atomic E-state index is 2.30. The Morgan fingerprint density at radius 3 is 0.533 bits per heavy atom. The molecule has 0 bridgehead atoms. The van der Waals surface area contributed by atoms with E-state index < -0.39 is 0 Å². The fraction of sp³-hybridized carbons (Fsp3) is 1.00. The predicted molar refractivity (Wildman–Crippen MR) is 79.8 cm³/mol. The van der Waals surface area contributed by atoms with E-state index in [1.54, 1.807) is 0 Å². The first-order valence-electron chi connectivity index (χ1n) is 7.21. The fourth-order valence-electron chi connectivity index (χ4n) is 0.250. The van der Waals surface area contributed by atoms with Crippen molar-refractivity contribution in [3.05, 3.63) is 0 Å². The van der Waals surface area contributed by atoms with Gasteiger partial charge < -0.3 is 0 Å². The Hall–Kier alpha value is 0. The van der Waals surface area contributed by atoms with Gasteiger partial charge in [-0.1, -0.05) is 83.1 Å². The van der Waals surface area contributed by atoms with Gasteiger partial charge in [0.2, 0.25) is 0 Å². The quantitative estimate of drug-likeness (QED) is 0.415. The van der Waals surface area contributed by atoms with Crippen molar-refractivity contribution in [2.45, 2.75) is 95.9 Å². The molecule has 0 atom stereocenters. The summed E-state index contributed by atoms with van der Waals surface area (Å²) in [6.45, 7) is 24.6. The van der Waals surface area contributed by atoms with Gasteiger partial charge in [-0.3, -0.25) is 0 Å². The summed E-state index contributed by atoms with van der Waals surface area (Å²) in [7, 11) is 0. The van der Waals surface area contributed by atoms with Crippen molar-refractivity contribution in [2.75, 3.05) is 0 Å². The van der Waals surface area contributed by atoms with Crippen LogP contribution in [0.2, 0.25) is 0 Å². The van der Waals surface area contributed by atoms with Crippen LogP contribution in [-0.2, 0) is 0 Å². The summed E-state index contributed by atoms with van der Waals surface area (Å²) < 4.78 is 0. The summed E-state index contributed by atoms with van der Waals surface area (Å²) in [5.74, 6) is 0. The molecule has 0 amide bonds. The molecule has 0 saturated heterocycles. The van der Waals surface area contributed by atoms with Crippen LogP contribution < -0.4 is 0 Å². The molecule has 0 heterocycles. The smallest absolute Gasteiger partial charge is 0.0354 e. The van der Waals surface area contributed by atoms with Gasteiger partial charge in [0.1, 0.15) is 0 Å². The lowest BCUT2D eigenvalue weighted by Crippen LogP contribution is -1.75. The monoisotopic (exact) mass is 220 g/mol. The molecule has 0 radical (unpaired) electrons. The minimum atomic E-state index is 0.750. The van der Waals surface area contributed by atoms with Crippen LogP contribution in [0.4, 0.5) is 0 Å². The maximum absolute atomic E-state index is 2.30. The van der Waals surface area contributed by atoms with Crippen molar-refractivity contribution >= 4 is 0 Å². The van der Waals surface area contributed by atoms with Gasteiger partial charge in [0.25, 0.3) is 0 Å². The van der Waals surface area contributed by atoms with Gasteiger partial charge in [-0.25, -0.2) is 0 Å². The molecule has 0 aromatic carbocycles.